The van der Waals surface area contributed by atoms with Gasteiger partial charge in [0, 0.05) is 17.9 Å². The number of hydrogen-bond donors (Lipinski definition) is 1. The molecule has 0 bridgehead atoms. The lowest BCUT2D eigenvalue weighted by atomic mass is 10.2. The summed E-state index contributed by atoms with van der Waals surface area (Å²) >= 11 is 2.90. The fourth-order valence-corrected chi connectivity index (χ4v) is 3.41. The monoisotopic (exact) mass is 368 g/mol. The Morgan fingerprint density at radius 2 is 2.25 bits per heavy atom. The minimum absolute atomic E-state index is 0.0183. The summed E-state index contributed by atoms with van der Waals surface area (Å²) in [6, 6.07) is 4.21. The fourth-order valence-electron chi connectivity index (χ4n) is 1.72. The van der Waals surface area contributed by atoms with E-state index >= 15 is 0 Å². The van der Waals surface area contributed by atoms with Crippen LogP contribution in [0.15, 0.2) is 22.5 Å². The zero-order valence-corrected chi connectivity index (χ0v) is 14.8. The molecule has 0 unspecified atom stereocenters. The van der Waals surface area contributed by atoms with Crippen molar-refractivity contribution in [2.45, 2.75) is 24.6 Å². The van der Waals surface area contributed by atoms with Crippen LogP contribution in [0.1, 0.15) is 18.9 Å². The number of non-ortho nitro benzene ring substituents is 1. The van der Waals surface area contributed by atoms with Crippen molar-refractivity contribution in [1.29, 1.82) is 0 Å². The molecule has 0 aliphatic rings. The summed E-state index contributed by atoms with van der Waals surface area (Å²) < 4.78 is 6.20. The average Bonchev–Trinajstić information content (AvgIpc) is 2.98. The summed E-state index contributed by atoms with van der Waals surface area (Å²) in [5.74, 6) is 1.01. The van der Waals surface area contributed by atoms with E-state index in [0.29, 0.717) is 16.4 Å². The summed E-state index contributed by atoms with van der Waals surface area (Å²) in [5, 5.41) is 21.6. The molecular weight excluding hydrogens is 352 g/mol. The van der Waals surface area contributed by atoms with Crippen LogP contribution in [0.25, 0.3) is 0 Å². The Kier molecular flexibility index (Phi) is 6.50. The van der Waals surface area contributed by atoms with Crippen molar-refractivity contribution in [2.24, 2.45) is 0 Å². The van der Waals surface area contributed by atoms with Gasteiger partial charge in [0.25, 0.3) is 11.6 Å². The molecule has 0 atom stereocenters. The quantitative estimate of drug-likeness (QED) is 0.330. The van der Waals surface area contributed by atoms with Crippen molar-refractivity contribution < 1.29 is 14.5 Å². The predicted octanol–water partition coefficient (Wildman–Crippen LogP) is 3.27. The first-order valence-electron chi connectivity index (χ1n) is 7.13. The highest BCUT2D eigenvalue weighted by Crippen LogP contribution is 2.26. The highest BCUT2D eigenvalue weighted by Gasteiger charge is 2.12. The van der Waals surface area contributed by atoms with Crippen LogP contribution in [-0.2, 0) is 4.79 Å². The van der Waals surface area contributed by atoms with Gasteiger partial charge in [0.15, 0.2) is 10.9 Å². The minimum Gasteiger partial charge on any atom is -0.483 e. The number of ether oxygens (including phenoxy) is 1. The molecule has 8 nitrogen and oxygen atoms in total. The zero-order chi connectivity index (χ0) is 17.5. The zero-order valence-electron chi connectivity index (χ0n) is 13.1. The van der Waals surface area contributed by atoms with Crippen molar-refractivity contribution in [2.75, 3.05) is 17.7 Å². The van der Waals surface area contributed by atoms with Crippen LogP contribution < -0.4 is 10.1 Å². The van der Waals surface area contributed by atoms with E-state index in [1.165, 1.54) is 29.5 Å². The lowest BCUT2D eigenvalue weighted by Crippen LogP contribution is -2.20. The number of aryl methyl sites for hydroxylation is 1. The predicted molar refractivity (Wildman–Crippen MR) is 92.9 cm³/mol. The molecule has 0 aliphatic carbocycles. The fraction of sp³-hybridized carbons (Fsp3) is 0.357. The summed E-state index contributed by atoms with van der Waals surface area (Å²) in [5.41, 5.74) is 0.571. The minimum atomic E-state index is -0.479. The molecule has 0 fully saturated rings. The third-order valence-electron chi connectivity index (χ3n) is 2.81. The van der Waals surface area contributed by atoms with Crippen LogP contribution in [0, 0.1) is 17.0 Å². The second kappa shape index (κ2) is 8.60. The van der Waals surface area contributed by atoms with Gasteiger partial charge in [-0.3, -0.25) is 20.2 Å². The second-order valence-corrected chi connectivity index (χ2v) is 7.08. The first-order chi connectivity index (χ1) is 11.5. The topological polar surface area (TPSA) is 107 Å². The normalized spacial score (nSPS) is 10.4. The maximum atomic E-state index is 11.9. The SMILES string of the molecule is CCCSc1nnc(NC(=O)COc2ccc([N+](=O)[O-])cc2C)s1. The second-order valence-electron chi connectivity index (χ2n) is 4.77. The number of nitro benzene ring substituents is 1. The van der Waals surface area contributed by atoms with Gasteiger partial charge in [-0.15, -0.1) is 10.2 Å². The number of nitrogens with one attached hydrogen (secondary N) is 1. The largest absolute Gasteiger partial charge is 0.483 e. The Labute approximate surface area is 146 Å². The van der Waals surface area contributed by atoms with Crippen LogP contribution in [0.3, 0.4) is 0 Å². The summed E-state index contributed by atoms with van der Waals surface area (Å²) in [6.45, 7) is 3.55. The average molecular weight is 368 g/mol. The van der Waals surface area contributed by atoms with Gasteiger partial charge >= 0.3 is 0 Å². The molecule has 2 aromatic rings. The number of hydrogen-bond acceptors (Lipinski definition) is 8. The molecule has 1 aromatic carbocycles. The van der Waals surface area contributed by atoms with E-state index in [1.54, 1.807) is 18.7 Å². The van der Waals surface area contributed by atoms with Crippen LogP contribution >= 0.6 is 23.1 Å². The number of carbonyl (C=O) groups is 1. The third kappa shape index (κ3) is 5.17. The van der Waals surface area contributed by atoms with Crippen molar-refractivity contribution in [3.63, 3.8) is 0 Å². The number of anilines is 1. The van der Waals surface area contributed by atoms with Crippen LogP contribution in [-0.4, -0.2) is 33.4 Å². The number of benzene rings is 1. The van der Waals surface area contributed by atoms with Crippen molar-refractivity contribution in [3.8, 4) is 5.75 Å². The Morgan fingerprint density at radius 1 is 1.46 bits per heavy atom. The lowest BCUT2D eigenvalue weighted by molar-refractivity contribution is -0.384. The van der Waals surface area contributed by atoms with Crippen LogP contribution in [0.5, 0.6) is 5.75 Å². The van der Waals surface area contributed by atoms with E-state index in [0.717, 1.165) is 16.5 Å². The molecule has 0 radical (unpaired) electrons. The molecule has 2 rings (SSSR count). The maximum Gasteiger partial charge on any atom is 0.269 e. The van der Waals surface area contributed by atoms with Gasteiger partial charge in [0.1, 0.15) is 5.75 Å². The molecule has 0 spiro atoms. The maximum absolute atomic E-state index is 11.9. The van der Waals surface area contributed by atoms with Gasteiger partial charge in [-0.1, -0.05) is 30.0 Å². The summed E-state index contributed by atoms with van der Waals surface area (Å²) in [6.07, 6.45) is 1.04. The highest BCUT2D eigenvalue weighted by atomic mass is 32.2. The molecule has 10 heteroatoms. The number of nitro groups is 1. The van der Waals surface area contributed by atoms with Gasteiger partial charge < -0.3 is 4.74 Å². The molecule has 0 aliphatic heterocycles. The van der Waals surface area contributed by atoms with Crippen molar-refractivity contribution in [1.82, 2.24) is 10.2 Å². The first kappa shape index (κ1) is 18.1. The molecule has 24 heavy (non-hydrogen) atoms. The first-order valence-corrected chi connectivity index (χ1v) is 8.93. The number of amides is 1. The standard InChI is InChI=1S/C14H16N4O4S2/c1-3-6-23-14-17-16-13(24-14)15-12(19)8-22-11-5-4-10(18(20)21)7-9(11)2/h4-5,7H,3,6,8H2,1-2H3,(H,15,16,19). The smallest absolute Gasteiger partial charge is 0.269 e. The number of carbonyl (C=O) groups excluding carboxylic acids is 1. The number of rotatable bonds is 8. The third-order valence-corrected chi connectivity index (χ3v) is 4.99. The molecule has 1 N–H and O–H groups in total. The van der Waals surface area contributed by atoms with Gasteiger partial charge in [0.2, 0.25) is 5.13 Å². The van der Waals surface area contributed by atoms with Gasteiger partial charge in [-0.05, 0) is 25.0 Å². The highest BCUT2D eigenvalue weighted by molar-refractivity contribution is 8.01. The van der Waals surface area contributed by atoms with E-state index in [2.05, 4.69) is 22.4 Å². The van der Waals surface area contributed by atoms with E-state index in [1.807, 2.05) is 0 Å². The number of aromatic nitrogens is 2. The molecule has 1 aromatic heterocycles. The summed E-state index contributed by atoms with van der Waals surface area (Å²) in [7, 11) is 0. The molecule has 128 valence electrons. The summed E-state index contributed by atoms with van der Waals surface area (Å²) in [4.78, 5) is 22.1. The lowest BCUT2D eigenvalue weighted by Gasteiger charge is -2.08. The Bertz CT molecular complexity index is 735. The molecule has 1 amide bonds. The van der Waals surface area contributed by atoms with Gasteiger partial charge in [0.05, 0.1) is 4.92 Å². The molecule has 1 heterocycles. The van der Waals surface area contributed by atoms with Crippen molar-refractivity contribution in [3.05, 3.63) is 33.9 Å². The van der Waals surface area contributed by atoms with Gasteiger partial charge in [-0.2, -0.15) is 0 Å². The molecule has 0 saturated heterocycles. The number of thioether (sulfide) groups is 1. The van der Waals surface area contributed by atoms with Crippen LogP contribution in [0.2, 0.25) is 0 Å². The molecule has 0 saturated carbocycles. The Hall–Kier alpha value is -2.20. The number of nitrogens with zero attached hydrogens (tertiary/aromatic N) is 3. The van der Waals surface area contributed by atoms with Crippen LogP contribution in [0.4, 0.5) is 10.8 Å². The molecular formula is C14H16N4O4S2. The Balaban J connectivity index is 1.87. The van der Waals surface area contributed by atoms with Gasteiger partial charge in [-0.25, -0.2) is 0 Å². The van der Waals surface area contributed by atoms with E-state index in [-0.39, 0.29) is 18.2 Å². The van der Waals surface area contributed by atoms with E-state index < -0.39 is 4.92 Å². The Morgan fingerprint density at radius 3 is 2.92 bits per heavy atom. The van der Waals surface area contributed by atoms with Crippen molar-refractivity contribution >= 4 is 39.8 Å². The van der Waals surface area contributed by atoms with E-state index in [4.69, 9.17) is 4.74 Å². The van der Waals surface area contributed by atoms with E-state index in [9.17, 15) is 14.9 Å².